The van der Waals surface area contributed by atoms with Gasteiger partial charge in [0.2, 0.25) is 0 Å². The summed E-state index contributed by atoms with van der Waals surface area (Å²) in [5, 5.41) is 8.76. The Morgan fingerprint density at radius 1 is 1.14 bits per heavy atom. The molecule has 108 valence electrons. The van der Waals surface area contributed by atoms with Crippen LogP contribution in [0.4, 0.5) is 0 Å². The van der Waals surface area contributed by atoms with E-state index in [9.17, 15) is 0 Å². The maximum absolute atomic E-state index is 5.95. The average molecular weight is 305 g/mol. The van der Waals surface area contributed by atoms with Gasteiger partial charge in [-0.05, 0) is 19.1 Å². The van der Waals surface area contributed by atoms with E-state index in [1.165, 1.54) is 0 Å². The fourth-order valence-electron chi connectivity index (χ4n) is 2.29. The molecule has 0 saturated carbocycles. The van der Waals surface area contributed by atoms with Crippen molar-refractivity contribution in [2.75, 3.05) is 14.2 Å². The highest BCUT2D eigenvalue weighted by Gasteiger charge is 2.18. The number of aromatic nitrogens is 4. The fraction of sp³-hybridized carbons (Fsp3) is 0.214. The van der Waals surface area contributed by atoms with Gasteiger partial charge in [0.25, 0.3) is 0 Å². The molecule has 0 spiro atoms. The van der Waals surface area contributed by atoms with Gasteiger partial charge in [-0.3, -0.25) is 4.40 Å². The molecule has 7 heteroatoms. The lowest BCUT2D eigenvalue weighted by atomic mass is 10.1. The van der Waals surface area contributed by atoms with Crippen LogP contribution in [0.5, 0.6) is 11.5 Å². The summed E-state index contributed by atoms with van der Waals surface area (Å²) in [7, 11) is 3.18. The molecule has 0 amide bonds. The number of aryl methyl sites for hydroxylation is 1. The summed E-state index contributed by atoms with van der Waals surface area (Å²) in [4.78, 5) is 4.23. The van der Waals surface area contributed by atoms with Gasteiger partial charge >= 0.3 is 0 Å². The third-order valence-corrected chi connectivity index (χ3v) is 3.37. The Morgan fingerprint density at radius 3 is 2.67 bits per heavy atom. The normalized spacial score (nSPS) is 10.9. The van der Waals surface area contributed by atoms with Gasteiger partial charge in [-0.25, -0.2) is 4.98 Å². The SMILES string of the molecule is COc1cccc(-c2nnc3cc(Cl)nc(C)n23)c1OC. The van der Waals surface area contributed by atoms with Gasteiger partial charge in [0.05, 0.1) is 19.8 Å². The van der Waals surface area contributed by atoms with Crippen molar-refractivity contribution in [1.82, 2.24) is 19.6 Å². The first-order chi connectivity index (χ1) is 10.2. The van der Waals surface area contributed by atoms with Crippen LogP contribution in [0.25, 0.3) is 17.0 Å². The van der Waals surface area contributed by atoms with E-state index >= 15 is 0 Å². The molecule has 0 saturated heterocycles. The average Bonchev–Trinajstić information content (AvgIpc) is 2.90. The van der Waals surface area contributed by atoms with Crippen molar-refractivity contribution in [2.45, 2.75) is 6.92 Å². The molecule has 0 atom stereocenters. The van der Waals surface area contributed by atoms with E-state index in [1.54, 1.807) is 20.3 Å². The first-order valence-corrected chi connectivity index (χ1v) is 6.63. The largest absolute Gasteiger partial charge is 0.493 e. The van der Waals surface area contributed by atoms with Crippen molar-refractivity contribution >= 4 is 17.2 Å². The van der Waals surface area contributed by atoms with E-state index in [0.29, 0.717) is 33.9 Å². The predicted octanol–water partition coefficient (Wildman–Crippen LogP) is 2.77. The molecule has 6 nitrogen and oxygen atoms in total. The van der Waals surface area contributed by atoms with Crippen LogP contribution in [0.1, 0.15) is 5.82 Å². The molecule has 0 aliphatic rings. The minimum Gasteiger partial charge on any atom is -0.493 e. The highest BCUT2D eigenvalue weighted by atomic mass is 35.5. The molecular formula is C14H13ClN4O2. The van der Waals surface area contributed by atoms with Crippen LogP contribution in [0.15, 0.2) is 24.3 Å². The molecule has 0 aliphatic heterocycles. The third-order valence-electron chi connectivity index (χ3n) is 3.17. The summed E-state index contributed by atoms with van der Waals surface area (Å²) < 4.78 is 12.6. The molecule has 0 unspecified atom stereocenters. The summed E-state index contributed by atoms with van der Waals surface area (Å²) >= 11 is 5.95. The summed E-state index contributed by atoms with van der Waals surface area (Å²) in [6, 6.07) is 7.26. The van der Waals surface area contributed by atoms with Gasteiger partial charge in [-0.15, -0.1) is 10.2 Å². The van der Waals surface area contributed by atoms with Gasteiger partial charge < -0.3 is 9.47 Å². The van der Waals surface area contributed by atoms with Gasteiger partial charge in [-0.2, -0.15) is 0 Å². The molecule has 3 aromatic rings. The second-order valence-electron chi connectivity index (χ2n) is 4.38. The van der Waals surface area contributed by atoms with E-state index in [4.69, 9.17) is 21.1 Å². The molecule has 0 fully saturated rings. The first kappa shape index (κ1) is 13.6. The Morgan fingerprint density at radius 2 is 1.95 bits per heavy atom. The number of nitrogens with zero attached hydrogens (tertiary/aromatic N) is 4. The molecule has 2 heterocycles. The lowest BCUT2D eigenvalue weighted by Gasteiger charge is -2.11. The zero-order valence-corrected chi connectivity index (χ0v) is 12.5. The highest BCUT2D eigenvalue weighted by molar-refractivity contribution is 6.29. The molecule has 1 aromatic carbocycles. The van der Waals surface area contributed by atoms with Crippen LogP contribution < -0.4 is 9.47 Å². The first-order valence-electron chi connectivity index (χ1n) is 6.25. The van der Waals surface area contributed by atoms with E-state index in [-0.39, 0.29) is 0 Å². The summed E-state index contributed by atoms with van der Waals surface area (Å²) in [6.07, 6.45) is 0. The number of methoxy groups -OCH3 is 2. The number of ether oxygens (including phenoxy) is 2. The van der Waals surface area contributed by atoms with Crippen LogP contribution in [0.2, 0.25) is 5.15 Å². The number of rotatable bonds is 3. The zero-order valence-electron chi connectivity index (χ0n) is 11.8. The lowest BCUT2D eigenvalue weighted by Crippen LogP contribution is -2.00. The quantitative estimate of drug-likeness (QED) is 0.696. The Hall–Kier alpha value is -2.34. The van der Waals surface area contributed by atoms with E-state index in [2.05, 4.69) is 15.2 Å². The zero-order chi connectivity index (χ0) is 15.0. The Bertz CT molecular complexity index is 816. The maximum Gasteiger partial charge on any atom is 0.173 e. The standard InChI is InChI=1S/C14H13ClN4O2/c1-8-16-11(15)7-12-17-18-14(19(8)12)9-5-4-6-10(20-2)13(9)21-3/h4-7H,1-3H3. The Labute approximate surface area is 126 Å². The second kappa shape index (κ2) is 5.21. The molecule has 0 radical (unpaired) electrons. The van der Waals surface area contributed by atoms with Crippen LogP contribution in [-0.4, -0.2) is 33.8 Å². The Kier molecular flexibility index (Phi) is 3.39. The monoisotopic (exact) mass is 304 g/mol. The van der Waals surface area contributed by atoms with E-state index < -0.39 is 0 Å². The number of benzene rings is 1. The maximum atomic E-state index is 5.95. The number of hydrogen-bond donors (Lipinski definition) is 0. The minimum absolute atomic E-state index is 0.386. The van der Waals surface area contributed by atoms with Crippen LogP contribution >= 0.6 is 11.6 Å². The van der Waals surface area contributed by atoms with E-state index in [0.717, 1.165) is 5.56 Å². The topological polar surface area (TPSA) is 61.5 Å². The van der Waals surface area contributed by atoms with Gasteiger partial charge in [0, 0.05) is 6.07 Å². The van der Waals surface area contributed by atoms with Crippen molar-refractivity contribution in [2.24, 2.45) is 0 Å². The second-order valence-corrected chi connectivity index (χ2v) is 4.77. The van der Waals surface area contributed by atoms with E-state index in [1.807, 2.05) is 29.5 Å². The molecule has 2 aromatic heterocycles. The van der Waals surface area contributed by atoms with Crippen molar-refractivity contribution in [1.29, 1.82) is 0 Å². The van der Waals surface area contributed by atoms with Gasteiger partial charge in [-0.1, -0.05) is 17.7 Å². The molecule has 3 rings (SSSR count). The molecular weight excluding hydrogens is 292 g/mol. The van der Waals surface area contributed by atoms with Crippen molar-refractivity contribution in [3.8, 4) is 22.9 Å². The summed E-state index contributed by atoms with van der Waals surface area (Å²) in [6.45, 7) is 1.85. The summed E-state index contributed by atoms with van der Waals surface area (Å²) in [5.74, 6) is 2.56. The Balaban J connectivity index is 2.31. The smallest absolute Gasteiger partial charge is 0.173 e. The van der Waals surface area contributed by atoms with Crippen LogP contribution in [-0.2, 0) is 0 Å². The molecule has 0 N–H and O–H groups in total. The number of hydrogen-bond acceptors (Lipinski definition) is 5. The van der Waals surface area contributed by atoms with Crippen LogP contribution in [0, 0.1) is 6.92 Å². The minimum atomic E-state index is 0.386. The molecule has 0 aliphatic carbocycles. The van der Waals surface area contributed by atoms with Crippen LogP contribution in [0.3, 0.4) is 0 Å². The van der Waals surface area contributed by atoms with Crippen molar-refractivity contribution in [3.63, 3.8) is 0 Å². The predicted molar refractivity (Wildman–Crippen MR) is 79.1 cm³/mol. The van der Waals surface area contributed by atoms with Gasteiger partial charge in [0.15, 0.2) is 23.0 Å². The molecule has 0 bridgehead atoms. The number of fused-ring (bicyclic) bond motifs is 1. The third kappa shape index (κ3) is 2.17. The number of para-hydroxylation sites is 1. The highest BCUT2D eigenvalue weighted by Crippen LogP contribution is 2.37. The summed E-state index contributed by atoms with van der Waals surface area (Å²) in [5.41, 5.74) is 1.41. The lowest BCUT2D eigenvalue weighted by molar-refractivity contribution is 0.356. The van der Waals surface area contributed by atoms with Crippen molar-refractivity contribution < 1.29 is 9.47 Å². The fourth-order valence-corrected chi connectivity index (χ4v) is 2.51. The van der Waals surface area contributed by atoms with Crippen molar-refractivity contribution in [3.05, 3.63) is 35.2 Å². The van der Waals surface area contributed by atoms with Gasteiger partial charge in [0.1, 0.15) is 11.0 Å². The number of halogens is 1. The molecule has 21 heavy (non-hydrogen) atoms.